The standard InChI is InChI=1S/C32H42N2O10S/c1-4-40-30(36)28-16-22-15-23(10-11-27(22)43-28)45(38,39)34(17-20(2)3)18-26(35)25(14-21-8-6-5-7-9-21)33-32(37)44-29-19-42-31-24(29)12-13-41-31/h5-11,15,20,24-26,28-29,31,35H,4,12-14,16-19H2,1-3H3,(H,33,37)/t24-,25-,26+,28?,29-,31+/m0/s1. The summed E-state index contributed by atoms with van der Waals surface area (Å²) in [6.07, 6.45) is -2.53. The Morgan fingerprint density at radius 1 is 1.11 bits per heavy atom. The van der Waals surface area contributed by atoms with Crippen LogP contribution in [0, 0.1) is 11.8 Å². The first-order valence-corrected chi connectivity index (χ1v) is 16.9. The van der Waals surface area contributed by atoms with E-state index in [1.165, 1.54) is 22.5 Å². The highest BCUT2D eigenvalue weighted by atomic mass is 32.2. The van der Waals surface area contributed by atoms with Gasteiger partial charge >= 0.3 is 12.1 Å². The minimum Gasteiger partial charge on any atom is -0.478 e. The number of nitrogens with one attached hydrogen (secondary N) is 1. The molecular formula is C32H42N2O10S. The highest BCUT2D eigenvalue weighted by Crippen LogP contribution is 2.34. The van der Waals surface area contributed by atoms with Gasteiger partial charge in [-0.3, -0.25) is 0 Å². The van der Waals surface area contributed by atoms with Crippen molar-refractivity contribution in [1.29, 1.82) is 0 Å². The van der Waals surface area contributed by atoms with Gasteiger partial charge in [0.25, 0.3) is 0 Å². The average Bonchev–Trinajstić information content (AvgIpc) is 3.74. The quantitative estimate of drug-likeness (QED) is 0.311. The van der Waals surface area contributed by atoms with Gasteiger partial charge in [-0.05, 0) is 55.0 Å². The summed E-state index contributed by atoms with van der Waals surface area (Å²) >= 11 is 0. The van der Waals surface area contributed by atoms with Gasteiger partial charge in [0.1, 0.15) is 11.9 Å². The van der Waals surface area contributed by atoms with E-state index in [0.29, 0.717) is 17.9 Å². The van der Waals surface area contributed by atoms with Gasteiger partial charge in [-0.15, -0.1) is 0 Å². The Kier molecular flexibility index (Phi) is 10.7. The third-order valence-corrected chi connectivity index (χ3v) is 9.99. The van der Waals surface area contributed by atoms with Gasteiger partial charge in [0, 0.05) is 19.5 Å². The topological polar surface area (TPSA) is 150 Å². The lowest BCUT2D eigenvalue weighted by Crippen LogP contribution is -2.51. The predicted octanol–water partition coefficient (Wildman–Crippen LogP) is 2.66. The van der Waals surface area contributed by atoms with Crippen molar-refractivity contribution in [3.8, 4) is 5.75 Å². The lowest BCUT2D eigenvalue weighted by atomic mass is 10.0. The van der Waals surface area contributed by atoms with Crippen LogP contribution in [0.15, 0.2) is 53.4 Å². The van der Waals surface area contributed by atoms with E-state index in [-0.39, 0.29) is 62.2 Å². The van der Waals surface area contributed by atoms with Crippen LogP contribution in [0.5, 0.6) is 5.75 Å². The van der Waals surface area contributed by atoms with Crippen molar-refractivity contribution in [1.82, 2.24) is 9.62 Å². The van der Waals surface area contributed by atoms with Crippen molar-refractivity contribution in [2.75, 3.05) is 32.9 Å². The fourth-order valence-electron chi connectivity index (χ4n) is 5.94. The Morgan fingerprint density at radius 3 is 2.62 bits per heavy atom. The van der Waals surface area contributed by atoms with Crippen molar-refractivity contribution >= 4 is 22.1 Å². The molecule has 0 aromatic heterocycles. The normalized spacial score (nSPS) is 23.7. The van der Waals surface area contributed by atoms with Gasteiger partial charge in [0.2, 0.25) is 10.0 Å². The Hall–Kier alpha value is -3.23. The third kappa shape index (κ3) is 7.95. The molecule has 13 heteroatoms. The smallest absolute Gasteiger partial charge is 0.407 e. The molecule has 2 saturated heterocycles. The Balaban J connectivity index is 1.32. The van der Waals surface area contributed by atoms with Crippen LogP contribution in [0.25, 0.3) is 0 Å². The minimum atomic E-state index is -4.10. The number of hydrogen-bond acceptors (Lipinski definition) is 10. The number of alkyl carbamates (subject to hydrolysis) is 1. The molecule has 3 aliphatic heterocycles. The molecule has 1 unspecified atom stereocenters. The summed E-state index contributed by atoms with van der Waals surface area (Å²) in [6.45, 7) is 6.30. The van der Waals surface area contributed by atoms with E-state index < -0.39 is 46.4 Å². The van der Waals surface area contributed by atoms with Crippen LogP contribution < -0.4 is 10.1 Å². The van der Waals surface area contributed by atoms with Crippen molar-refractivity contribution in [3.63, 3.8) is 0 Å². The molecule has 2 aromatic carbocycles. The molecule has 0 aliphatic carbocycles. The maximum Gasteiger partial charge on any atom is 0.407 e. The second-order valence-corrected chi connectivity index (χ2v) is 14.0. The van der Waals surface area contributed by atoms with Crippen LogP contribution in [-0.2, 0) is 46.6 Å². The zero-order valence-electron chi connectivity index (χ0n) is 25.8. The Bertz CT molecular complexity index is 1440. The monoisotopic (exact) mass is 646 g/mol. The van der Waals surface area contributed by atoms with Crippen molar-refractivity contribution in [2.45, 2.75) is 75.6 Å². The maximum absolute atomic E-state index is 14.0. The van der Waals surface area contributed by atoms with Crippen molar-refractivity contribution in [2.24, 2.45) is 11.8 Å². The molecule has 5 rings (SSSR count). The number of aliphatic hydroxyl groups is 1. The predicted molar refractivity (Wildman–Crippen MR) is 162 cm³/mol. The Morgan fingerprint density at radius 2 is 1.89 bits per heavy atom. The number of aliphatic hydroxyl groups excluding tert-OH is 1. The van der Waals surface area contributed by atoms with Gasteiger partial charge in [0.15, 0.2) is 12.4 Å². The van der Waals surface area contributed by atoms with Gasteiger partial charge in [-0.2, -0.15) is 4.31 Å². The molecule has 6 atom stereocenters. The highest BCUT2D eigenvalue weighted by molar-refractivity contribution is 7.89. The van der Waals surface area contributed by atoms with Gasteiger partial charge in [-0.1, -0.05) is 44.2 Å². The van der Waals surface area contributed by atoms with Gasteiger partial charge in [-0.25, -0.2) is 18.0 Å². The van der Waals surface area contributed by atoms with E-state index >= 15 is 0 Å². The number of nitrogens with zero attached hydrogens (tertiary/aromatic N) is 1. The minimum absolute atomic E-state index is 0.0174. The van der Waals surface area contributed by atoms with E-state index in [2.05, 4.69) is 5.32 Å². The summed E-state index contributed by atoms with van der Waals surface area (Å²) < 4.78 is 56.8. The zero-order chi connectivity index (χ0) is 32.1. The number of fused-ring (bicyclic) bond motifs is 2. The second-order valence-electron chi connectivity index (χ2n) is 12.0. The van der Waals surface area contributed by atoms with Crippen LogP contribution >= 0.6 is 0 Å². The number of carbonyl (C=O) groups excluding carboxylic acids is 2. The highest BCUT2D eigenvalue weighted by Gasteiger charge is 2.44. The molecule has 45 heavy (non-hydrogen) atoms. The first-order chi connectivity index (χ1) is 21.5. The van der Waals surface area contributed by atoms with E-state index in [1.807, 2.05) is 44.2 Å². The molecule has 3 aliphatic rings. The van der Waals surface area contributed by atoms with E-state index in [1.54, 1.807) is 6.92 Å². The van der Waals surface area contributed by atoms with Crippen LogP contribution in [0.1, 0.15) is 38.3 Å². The molecule has 0 saturated carbocycles. The van der Waals surface area contributed by atoms with E-state index in [9.17, 15) is 23.1 Å². The van der Waals surface area contributed by atoms with Gasteiger partial charge in [0.05, 0.1) is 42.8 Å². The van der Waals surface area contributed by atoms with Crippen LogP contribution in [0.3, 0.4) is 0 Å². The number of rotatable bonds is 13. The fourth-order valence-corrected chi connectivity index (χ4v) is 7.61. The van der Waals surface area contributed by atoms with Crippen LogP contribution in [-0.4, -0.2) is 93.4 Å². The lowest BCUT2D eigenvalue weighted by Gasteiger charge is -2.31. The second kappa shape index (κ2) is 14.5. The number of ether oxygens (including phenoxy) is 5. The fraction of sp³-hybridized carbons (Fsp3) is 0.562. The summed E-state index contributed by atoms with van der Waals surface area (Å²) in [7, 11) is -4.10. The summed E-state index contributed by atoms with van der Waals surface area (Å²) in [5, 5.41) is 14.3. The van der Waals surface area contributed by atoms with Crippen LogP contribution in [0.4, 0.5) is 4.79 Å². The number of esters is 1. The summed E-state index contributed by atoms with van der Waals surface area (Å²) in [5.74, 6) is -0.191. The first kappa shape index (κ1) is 33.1. The molecular weight excluding hydrogens is 604 g/mol. The summed E-state index contributed by atoms with van der Waals surface area (Å²) in [4.78, 5) is 25.3. The molecule has 12 nitrogen and oxygen atoms in total. The molecule has 246 valence electrons. The number of amides is 1. The zero-order valence-corrected chi connectivity index (χ0v) is 26.6. The SMILES string of the molecule is CCOC(=O)C1Cc2cc(S(=O)(=O)N(CC(C)C)C[C@@H](O)[C@H](Cc3ccccc3)NC(=O)O[C@H]3CO[C@H]4OCC[C@H]43)ccc2O1. The molecule has 1 amide bonds. The molecule has 0 radical (unpaired) electrons. The third-order valence-electron chi connectivity index (χ3n) is 8.16. The summed E-state index contributed by atoms with van der Waals surface area (Å²) in [6, 6.07) is 12.9. The number of carbonyl (C=O) groups is 2. The van der Waals surface area contributed by atoms with E-state index in [0.717, 1.165) is 12.0 Å². The molecule has 2 aromatic rings. The Labute approximate surface area is 264 Å². The first-order valence-electron chi connectivity index (χ1n) is 15.4. The summed E-state index contributed by atoms with van der Waals surface area (Å²) in [5.41, 5.74) is 1.43. The molecule has 2 N–H and O–H groups in total. The maximum atomic E-state index is 14.0. The number of benzene rings is 2. The molecule has 2 fully saturated rings. The van der Waals surface area contributed by atoms with Crippen molar-refractivity contribution in [3.05, 3.63) is 59.7 Å². The largest absolute Gasteiger partial charge is 0.478 e. The van der Waals surface area contributed by atoms with Crippen LogP contribution in [0.2, 0.25) is 0 Å². The number of sulfonamides is 1. The molecule has 0 bridgehead atoms. The van der Waals surface area contributed by atoms with Crippen molar-refractivity contribution < 1.29 is 46.8 Å². The average molecular weight is 647 g/mol. The molecule has 3 heterocycles. The molecule has 0 spiro atoms. The van der Waals surface area contributed by atoms with E-state index in [4.69, 9.17) is 23.7 Å². The van der Waals surface area contributed by atoms with Gasteiger partial charge < -0.3 is 34.1 Å². The number of hydrogen-bond donors (Lipinski definition) is 2. The lowest BCUT2D eigenvalue weighted by molar-refractivity contribution is -0.150.